The highest BCUT2D eigenvalue weighted by Gasteiger charge is 2.16. The van der Waals surface area contributed by atoms with E-state index in [0.29, 0.717) is 12.2 Å². The molecule has 1 N–H and O–H groups in total. The summed E-state index contributed by atoms with van der Waals surface area (Å²) in [6, 6.07) is 5.19. The topological polar surface area (TPSA) is 75.0 Å². The van der Waals surface area contributed by atoms with Crippen LogP contribution in [0.3, 0.4) is 0 Å². The van der Waals surface area contributed by atoms with E-state index in [9.17, 15) is 4.79 Å². The number of pyridine rings is 1. The van der Waals surface area contributed by atoms with Crippen LogP contribution in [0.15, 0.2) is 18.3 Å². The maximum Gasteiger partial charge on any atom is 0.251 e. The fraction of sp³-hybridized carbons (Fsp3) is 0.462. The van der Waals surface area contributed by atoms with E-state index in [2.05, 4.69) is 10.3 Å². The van der Waals surface area contributed by atoms with Crippen LogP contribution in [0, 0.1) is 11.3 Å². The summed E-state index contributed by atoms with van der Waals surface area (Å²) in [5.74, 6) is -0.152. The third kappa shape index (κ3) is 3.28. The first-order valence-electron chi connectivity index (χ1n) is 6.04. The summed E-state index contributed by atoms with van der Waals surface area (Å²) in [6.07, 6.45) is 4.21. The molecule has 5 nitrogen and oxygen atoms in total. The smallest absolute Gasteiger partial charge is 0.251 e. The highest BCUT2D eigenvalue weighted by molar-refractivity contribution is 5.94. The molecule has 0 unspecified atom stereocenters. The molecule has 0 aromatic carbocycles. The number of nitrogens with one attached hydrogen (secondary N) is 1. The minimum Gasteiger partial charge on any atom is -0.381 e. The number of nitrogens with zero attached hydrogens (tertiary/aromatic N) is 2. The van der Waals surface area contributed by atoms with Gasteiger partial charge < -0.3 is 10.1 Å². The molecule has 1 saturated heterocycles. The number of amides is 1. The van der Waals surface area contributed by atoms with E-state index in [1.54, 1.807) is 6.07 Å². The van der Waals surface area contributed by atoms with Gasteiger partial charge in [-0.15, -0.1) is 0 Å². The number of carbonyl (C=O) groups excluding carboxylic acids is 1. The average molecular weight is 245 g/mol. The number of hydrogen-bond acceptors (Lipinski definition) is 4. The zero-order valence-electron chi connectivity index (χ0n) is 10.1. The lowest BCUT2D eigenvalue weighted by Crippen LogP contribution is -2.35. The van der Waals surface area contributed by atoms with Crippen molar-refractivity contribution < 1.29 is 9.53 Å². The number of aromatic nitrogens is 1. The molecule has 18 heavy (non-hydrogen) atoms. The lowest BCUT2D eigenvalue weighted by molar-refractivity contribution is 0.0929. The fourth-order valence-corrected chi connectivity index (χ4v) is 1.95. The van der Waals surface area contributed by atoms with Gasteiger partial charge in [0.05, 0.1) is 0 Å². The van der Waals surface area contributed by atoms with Crippen molar-refractivity contribution in [2.24, 2.45) is 0 Å². The van der Waals surface area contributed by atoms with Crippen LogP contribution in [-0.4, -0.2) is 30.1 Å². The van der Waals surface area contributed by atoms with Crippen LogP contribution in [-0.2, 0) is 4.74 Å². The quantitative estimate of drug-likeness (QED) is 0.851. The molecular formula is C13H15N3O2. The Balaban J connectivity index is 2.00. The second kappa shape index (κ2) is 6.12. The fourth-order valence-electron chi connectivity index (χ4n) is 1.95. The molecule has 0 bridgehead atoms. The molecule has 0 spiro atoms. The van der Waals surface area contributed by atoms with E-state index < -0.39 is 0 Å². The van der Waals surface area contributed by atoms with E-state index in [-0.39, 0.29) is 17.6 Å². The standard InChI is InChI=1S/C13H15N3O2/c14-9-12-8-10(3-5-15-12)13(17)16-11-2-1-6-18-7-4-11/h3,5,8,11H,1-2,4,6-7H2,(H,16,17)/t11-/m0/s1. The lowest BCUT2D eigenvalue weighted by Gasteiger charge is -2.15. The van der Waals surface area contributed by atoms with E-state index in [1.807, 2.05) is 6.07 Å². The largest absolute Gasteiger partial charge is 0.381 e. The van der Waals surface area contributed by atoms with Gasteiger partial charge in [0.1, 0.15) is 11.8 Å². The first-order chi connectivity index (χ1) is 8.79. The summed E-state index contributed by atoms with van der Waals surface area (Å²) in [5.41, 5.74) is 0.735. The summed E-state index contributed by atoms with van der Waals surface area (Å²) in [4.78, 5) is 15.8. The van der Waals surface area contributed by atoms with Gasteiger partial charge in [-0.2, -0.15) is 5.26 Å². The number of nitriles is 1. The molecule has 2 rings (SSSR count). The summed E-state index contributed by atoms with van der Waals surface area (Å²) in [6.45, 7) is 1.45. The Morgan fingerprint density at radius 2 is 2.39 bits per heavy atom. The minimum atomic E-state index is -0.152. The van der Waals surface area contributed by atoms with Gasteiger partial charge >= 0.3 is 0 Å². The molecule has 0 aliphatic carbocycles. The second-order valence-corrected chi connectivity index (χ2v) is 4.26. The predicted molar refractivity (Wildman–Crippen MR) is 64.9 cm³/mol. The van der Waals surface area contributed by atoms with Crippen LogP contribution in [0.2, 0.25) is 0 Å². The van der Waals surface area contributed by atoms with E-state index in [0.717, 1.165) is 25.9 Å². The third-order valence-corrected chi connectivity index (χ3v) is 2.92. The summed E-state index contributed by atoms with van der Waals surface area (Å²) in [5, 5.41) is 11.7. The molecule has 2 heterocycles. The first-order valence-corrected chi connectivity index (χ1v) is 6.04. The Morgan fingerprint density at radius 3 is 3.22 bits per heavy atom. The van der Waals surface area contributed by atoms with E-state index in [1.165, 1.54) is 12.3 Å². The van der Waals surface area contributed by atoms with Crippen LogP contribution >= 0.6 is 0 Å². The van der Waals surface area contributed by atoms with Crippen molar-refractivity contribution in [1.29, 1.82) is 5.26 Å². The Kier molecular flexibility index (Phi) is 4.26. The zero-order valence-corrected chi connectivity index (χ0v) is 10.1. The van der Waals surface area contributed by atoms with Crippen molar-refractivity contribution in [1.82, 2.24) is 10.3 Å². The Labute approximate surface area is 106 Å². The van der Waals surface area contributed by atoms with Gasteiger partial charge in [-0.3, -0.25) is 4.79 Å². The van der Waals surface area contributed by atoms with E-state index in [4.69, 9.17) is 10.00 Å². The van der Waals surface area contributed by atoms with Crippen molar-refractivity contribution >= 4 is 5.91 Å². The number of ether oxygens (including phenoxy) is 1. The summed E-state index contributed by atoms with van der Waals surface area (Å²) >= 11 is 0. The third-order valence-electron chi connectivity index (χ3n) is 2.92. The van der Waals surface area contributed by atoms with Crippen LogP contribution in [0.4, 0.5) is 0 Å². The van der Waals surface area contributed by atoms with Gasteiger partial charge in [-0.1, -0.05) is 0 Å². The average Bonchev–Trinajstić information content (AvgIpc) is 2.67. The maximum absolute atomic E-state index is 12.0. The molecule has 0 saturated carbocycles. The Hall–Kier alpha value is -1.93. The van der Waals surface area contributed by atoms with E-state index >= 15 is 0 Å². The Morgan fingerprint density at radius 1 is 1.50 bits per heavy atom. The van der Waals surface area contributed by atoms with Crippen LogP contribution in [0.1, 0.15) is 35.3 Å². The van der Waals surface area contributed by atoms with Crippen molar-refractivity contribution in [3.63, 3.8) is 0 Å². The molecule has 1 aliphatic heterocycles. The molecular weight excluding hydrogens is 230 g/mol. The molecule has 94 valence electrons. The van der Waals surface area contributed by atoms with Gasteiger partial charge in [0.2, 0.25) is 0 Å². The minimum absolute atomic E-state index is 0.152. The summed E-state index contributed by atoms with van der Waals surface area (Å²) in [7, 11) is 0. The normalized spacial score (nSPS) is 19.6. The highest BCUT2D eigenvalue weighted by Crippen LogP contribution is 2.09. The van der Waals surface area contributed by atoms with Crippen LogP contribution in [0.25, 0.3) is 0 Å². The van der Waals surface area contributed by atoms with Gasteiger partial charge in [-0.25, -0.2) is 4.98 Å². The van der Waals surface area contributed by atoms with Crippen LogP contribution < -0.4 is 5.32 Å². The second-order valence-electron chi connectivity index (χ2n) is 4.26. The molecule has 1 fully saturated rings. The SMILES string of the molecule is N#Cc1cc(C(=O)N[C@H]2CCCOCC2)ccn1. The molecule has 1 aromatic rings. The first kappa shape index (κ1) is 12.5. The molecule has 1 atom stereocenters. The van der Waals surface area contributed by atoms with Crippen molar-refractivity contribution in [2.75, 3.05) is 13.2 Å². The van der Waals surface area contributed by atoms with Crippen LogP contribution in [0.5, 0.6) is 0 Å². The number of rotatable bonds is 2. The molecule has 0 radical (unpaired) electrons. The lowest BCUT2D eigenvalue weighted by atomic mass is 10.1. The van der Waals surface area contributed by atoms with Gasteiger partial charge in [0, 0.05) is 31.0 Å². The number of hydrogen-bond donors (Lipinski definition) is 1. The number of carbonyl (C=O) groups is 1. The van der Waals surface area contributed by atoms with Gasteiger partial charge in [-0.05, 0) is 31.4 Å². The van der Waals surface area contributed by atoms with Crippen molar-refractivity contribution in [3.8, 4) is 6.07 Å². The Bertz CT molecular complexity index is 460. The van der Waals surface area contributed by atoms with Gasteiger partial charge in [0.15, 0.2) is 0 Å². The van der Waals surface area contributed by atoms with Crippen molar-refractivity contribution in [3.05, 3.63) is 29.6 Å². The summed E-state index contributed by atoms with van der Waals surface area (Å²) < 4.78 is 5.34. The van der Waals surface area contributed by atoms with Gasteiger partial charge in [0.25, 0.3) is 5.91 Å². The molecule has 1 aliphatic rings. The maximum atomic E-state index is 12.0. The monoisotopic (exact) mass is 245 g/mol. The zero-order chi connectivity index (χ0) is 12.8. The molecule has 5 heteroatoms. The highest BCUT2D eigenvalue weighted by atomic mass is 16.5. The molecule has 1 aromatic heterocycles. The molecule has 1 amide bonds. The van der Waals surface area contributed by atoms with Crippen molar-refractivity contribution in [2.45, 2.75) is 25.3 Å². The predicted octanol–water partition coefficient (Wildman–Crippen LogP) is 1.25.